The van der Waals surface area contributed by atoms with Gasteiger partial charge in [-0.2, -0.15) is 0 Å². The van der Waals surface area contributed by atoms with Crippen LogP contribution >= 0.6 is 15.9 Å². The quantitative estimate of drug-likeness (QED) is 0.459. The molecule has 0 bridgehead atoms. The average molecular weight is 339 g/mol. The van der Waals surface area contributed by atoms with Crippen molar-refractivity contribution >= 4 is 21.7 Å². The van der Waals surface area contributed by atoms with E-state index in [-0.39, 0.29) is 24.8 Å². The maximum atomic E-state index is 10.7. The van der Waals surface area contributed by atoms with Crippen molar-refractivity contribution in [1.82, 2.24) is 4.98 Å². The van der Waals surface area contributed by atoms with Gasteiger partial charge in [0.05, 0.1) is 0 Å². The van der Waals surface area contributed by atoms with Crippen molar-refractivity contribution in [3.8, 4) is 11.5 Å². The maximum Gasteiger partial charge on any atom is 0.406 e. The molecule has 0 radical (unpaired) electrons. The number of pyridine rings is 1. The van der Waals surface area contributed by atoms with Crippen LogP contribution in [0.25, 0.3) is 0 Å². The van der Waals surface area contributed by atoms with Gasteiger partial charge in [-0.15, -0.1) is 0 Å². The molecule has 0 saturated heterocycles. The number of benzene rings is 1. The Hall–Kier alpha value is -2.15. The van der Waals surface area contributed by atoms with Crippen LogP contribution in [0.5, 0.6) is 11.5 Å². The van der Waals surface area contributed by atoms with Crippen molar-refractivity contribution in [1.29, 1.82) is 0 Å². The number of halogens is 1. The van der Waals surface area contributed by atoms with E-state index in [2.05, 4.69) is 20.9 Å². The summed E-state index contributed by atoms with van der Waals surface area (Å²) in [5.74, 6) is 0.536. The summed E-state index contributed by atoms with van der Waals surface area (Å²) in [7, 11) is 0. The van der Waals surface area contributed by atoms with Gasteiger partial charge in [0.1, 0.15) is 25.2 Å². The zero-order valence-corrected chi connectivity index (χ0v) is 11.9. The van der Waals surface area contributed by atoms with E-state index in [1.54, 1.807) is 6.07 Å². The average Bonchev–Trinajstić information content (AvgIpc) is 2.44. The van der Waals surface area contributed by atoms with Crippen LogP contribution in [-0.4, -0.2) is 23.1 Å². The highest BCUT2D eigenvalue weighted by atomic mass is 79.9. The normalized spacial score (nSPS) is 10.1. The summed E-state index contributed by atoms with van der Waals surface area (Å²) in [5, 5.41) is 10.7. The molecule has 20 heavy (non-hydrogen) atoms. The lowest BCUT2D eigenvalue weighted by Gasteiger charge is -2.08. The van der Waals surface area contributed by atoms with Crippen molar-refractivity contribution in [2.45, 2.75) is 0 Å². The standard InChI is InChI=1S/C13H11BrN2O4/c14-10-3-1-4-11(9-10)19-7-8-20-12-5-2-6-15-13(12)16(17)18/h1-6,9H,7-8H2. The molecule has 0 aliphatic rings. The van der Waals surface area contributed by atoms with Gasteiger partial charge >= 0.3 is 5.82 Å². The van der Waals surface area contributed by atoms with Gasteiger partial charge in [0.25, 0.3) is 0 Å². The van der Waals surface area contributed by atoms with E-state index >= 15 is 0 Å². The Morgan fingerprint density at radius 1 is 1.20 bits per heavy atom. The third kappa shape index (κ3) is 3.92. The van der Waals surface area contributed by atoms with Gasteiger partial charge in [0.2, 0.25) is 5.75 Å². The number of aromatic nitrogens is 1. The highest BCUT2D eigenvalue weighted by molar-refractivity contribution is 9.10. The molecule has 7 heteroatoms. The van der Waals surface area contributed by atoms with Crippen LogP contribution in [0.3, 0.4) is 0 Å². The van der Waals surface area contributed by atoms with Gasteiger partial charge in [0.15, 0.2) is 0 Å². The summed E-state index contributed by atoms with van der Waals surface area (Å²) < 4.78 is 11.7. The molecule has 0 N–H and O–H groups in total. The lowest BCUT2D eigenvalue weighted by Crippen LogP contribution is -2.10. The molecule has 0 atom stereocenters. The Kier molecular flexibility index (Phi) is 4.89. The van der Waals surface area contributed by atoms with Crippen LogP contribution in [0.4, 0.5) is 5.82 Å². The molecule has 2 rings (SSSR count). The van der Waals surface area contributed by atoms with E-state index in [0.717, 1.165) is 4.47 Å². The molecule has 1 aromatic carbocycles. The zero-order chi connectivity index (χ0) is 14.4. The maximum absolute atomic E-state index is 10.7. The summed E-state index contributed by atoms with van der Waals surface area (Å²) in [5.41, 5.74) is 0. The minimum atomic E-state index is -0.579. The van der Waals surface area contributed by atoms with E-state index in [1.807, 2.05) is 24.3 Å². The smallest absolute Gasteiger partial charge is 0.406 e. The Labute approximate surface area is 123 Å². The van der Waals surface area contributed by atoms with Crippen molar-refractivity contribution < 1.29 is 14.4 Å². The summed E-state index contributed by atoms with van der Waals surface area (Å²) in [4.78, 5) is 13.8. The number of nitro groups is 1. The highest BCUT2D eigenvalue weighted by Gasteiger charge is 2.15. The van der Waals surface area contributed by atoms with Gasteiger partial charge in [-0.05, 0) is 40.2 Å². The summed E-state index contributed by atoms with van der Waals surface area (Å²) in [6.07, 6.45) is 1.35. The van der Waals surface area contributed by atoms with E-state index in [4.69, 9.17) is 9.47 Å². The molecule has 0 fully saturated rings. The van der Waals surface area contributed by atoms with Gasteiger partial charge in [-0.3, -0.25) is 0 Å². The lowest BCUT2D eigenvalue weighted by atomic mass is 10.3. The minimum Gasteiger partial charge on any atom is -0.490 e. The Morgan fingerprint density at radius 3 is 2.75 bits per heavy atom. The number of ether oxygens (including phenoxy) is 2. The SMILES string of the molecule is O=[N+]([O-])c1ncccc1OCCOc1cccc(Br)c1. The third-order valence-corrected chi connectivity index (χ3v) is 2.82. The number of rotatable bonds is 6. The van der Waals surface area contributed by atoms with Gasteiger partial charge in [0, 0.05) is 4.47 Å². The third-order valence-electron chi connectivity index (χ3n) is 2.33. The molecule has 0 aliphatic carbocycles. The second-order valence-corrected chi connectivity index (χ2v) is 4.65. The molecular weight excluding hydrogens is 328 g/mol. The largest absolute Gasteiger partial charge is 0.490 e. The Balaban J connectivity index is 1.86. The minimum absolute atomic E-state index is 0.135. The number of hydrogen-bond donors (Lipinski definition) is 0. The molecule has 0 saturated carbocycles. The molecule has 0 amide bonds. The fourth-order valence-corrected chi connectivity index (χ4v) is 1.88. The molecule has 0 spiro atoms. The predicted octanol–water partition coefficient (Wildman–Crippen LogP) is 3.21. The van der Waals surface area contributed by atoms with Crippen LogP contribution in [0.2, 0.25) is 0 Å². The van der Waals surface area contributed by atoms with Crippen LogP contribution in [0, 0.1) is 10.1 Å². The summed E-state index contributed by atoms with van der Waals surface area (Å²) in [6.45, 7) is 0.474. The summed E-state index contributed by atoms with van der Waals surface area (Å²) >= 11 is 3.34. The second-order valence-electron chi connectivity index (χ2n) is 3.74. The fraction of sp³-hybridized carbons (Fsp3) is 0.154. The predicted molar refractivity (Wildman–Crippen MR) is 76.0 cm³/mol. The lowest BCUT2D eigenvalue weighted by molar-refractivity contribution is -0.390. The Bertz CT molecular complexity index is 606. The van der Waals surface area contributed by atoms with Crippen LogP contribution in [-0.2, 0) is 0 Å². The molecule has 1 aromatic heterocycles. The first-order chi connectivity index (χ1) is 9.66. The highest BCUT2D eigenvalue weighted by Crippen LogP contribution is 2.23. The first kappa shape index (κ1) is 14.3. The van der Waals surface area contributed by atoms with Gasteiger partial charge in [-0.1, -0.05) is 22.0 Å². The molecule has 6 nitrogen and oxygen atoms in total. The van der Waals surface area contributed by atoms with Crippen molar-refractivity contribution in [3.63, 3.8) is 0 Å². The van der Waals surface area contributed by atoms with Crippen molar-refractivity contribution in [2.24, 2.45) is 0 Å². The van der Waals surface area contributed by atoms with Crippen LogP contribution in [0.1, 0.15) is 0 Å². The second kappa shape index (κ2) is 6.85. The molecule has 0 aliphatic heterocycles. The van der Waals surface area contributed by atoms with Crippen molar-refractivity contribution in [3.05, 3.63) is 57.2 Å². The molecule has 0 unspecified atom stereocenters. The van der Waals surface area contributed by atoms with E-state index in [9.17, 15) is 10.1 Å². The van der Waals surface area contributed by atoms with Crippen molar-refractivity contribution in [2.75, 3.05) is 13.2 Å². The fourth-order valence-electron chi connectivity index (χ4n) is 1.50. The zero-order valence-electron chi connectivity index (χ0n) is 10.4. The topological polar surface area (TPSA) is 74.5 Å². The first-order valence-electron chi connectivity index (χ1n) is 5.77. The first-order valence-corrected chi connectivity index (χ1v) is 6.56. The molecule has 104 valence electrons. The number of hydrogen-bond acceptors (Lipinski definition) is 5. The molecular formula is C13H11BrN2O4. The van der Waals surface area contributed by atoms with Gasteiger partial charge in [-0.25, -0.2) is 0 Å². The summed E-state index contributed by atoms with van der Waals surface area (Å²) in [6, 6.07) is 10.5. The van der Waals surface area contributed by atoms with Crippen LogP contribution < -0.4 is 9.47 Å². The Morgan fingerprint density at radius 2 is 2.00 bits per heavy atom. The molecule has 2 aromatic rings. The van der Waals surface area contributed by atoms with Crippen LogP contribution in [0.15, 0.2) is 47.1 Å². The van der Waals surface area contributed by atoms with E-state index in [1.165, 1.54) is 12.3 Å². The number of nitrogens with zero attached hydrogens (tertiary/aromatic N) is 2. The van der Waals surface area contributed by atoms with E-state index < -0.39 is 4.92 Å². The monoisotopic (exact) mass is 338 g/mol. The van der Waals surface area contributed by atoms with E-state index in [0.29, 0.717) is 5.75 Å². The van der Waals surface area contributed by atoms with Gasteiger partial charge < -0.3 is 19.6 Å². The molecule has 1 heterocycles.